The molecule has 1 aliphatic carbocycles. The zero-order chi connectivity index (χ0) is 27.8. The topological polar surface area (TPSA) is 116 Å². The molecular formula is C29H32FN3O5S. The van der Waals surface area contributed by atoms with Crippen LogP contribution in [-0.4, -0.2) is 49.4 Å². The fourth-order valence-corrected chi connectivity index (χ4v) is 5.52. The molecule has 4 rings (SSSR count). The molecule has 1 atom stereocenters. The molecule has 3 N–H and O–H groups in total. The van der Waals surface area contributed by atoms with E-state index >= 15 is 0 Å². The van der Waals surface area contributed by atoms with Crippen molar-refractivity contribution in [3.63, 3.8) is 0 Å². The van der Waals surface area contributed by atoms with Gasteiger partial charge in [0.25, 0.3) is 0 Å². The van der Waals surface area contributed by atoms with Gasteiger partial charge in [0.1, 0.15) is 11.9 Å². The number of nitrogens with one attached hydrogen (secondary N) is 2. The van der Waals surface area contributed by atoms with Crippen molar-refractivity contribution in [2.24, 2.45) is 0 Å². The Morgan fingerprint density at radius 2 is 1.59 bits per heavy atom. The zero-order valence-corrected chi connectivity index (χ0v) is 22.2. The van der Waals surface area contributed by atoms with Crippen molar-refractivity contribution in [1.82, 2.24) is 14.9 Å². The Hall–Kier alpha value is -3.60. The molecule has 0 aromatic heterocycles. The van der Waals surface area contributed by atoms with Crippen molar-refractivity contribution in [3.8, 4) is 0 Å². The summed E-state index contributed by atoms with van der Waals surface area (Å²) < 4.78 is 41.1. The maximum Gasteiger partial charge on any atom is 0.247 e. The number of halogens is 1. The minimum atomic E-state index is -3.57. The van der Waals surface area contributed by atoms with Gasteiger partial charge in [-0.05, 0) is 60.2 Å². The van der Waals surface area contributed by atoms with Gasteiger partial charge in [-0.3, -0.25) is 9.59 Å². The van der Waals surface area contributed by atoms with E-state index in [0.29, 0.717) is 17.5 Å². The van der Waals surface area contributed by atoms with Crippen LogP contribution in [0, 0.1) is 5.82 Å². The SMILES string of the molecule is O=C(NCCO)[C@H](c1ccccc1)N(Cc1ccc(F)cc1)C(=O)CCc1ccc(S(=O)(=O)NC2CC2)cc1. The number of rotatable bonds is 13. The average molecular weight is 554 g/mol. The van der Waals surface area contributed by atoms with Gasteiger partial charge < -0.3 is 15.3 Å². The van der Waals surface area contributed by atoms with E-state index in [1.807, 2.05) is 6.07 Å². The molecule has 3 aromatic rings. The quantitative estimate of drug-likeness (QED) is 0.301. The monoisotopic (exact) mass is 553 g/mol. The van der Waals surface area contributed by atoms with Crippen LogP contribution < -0.4 is 10.0 Å². The molecule has 1 aliphatic rings. The Morgan fingerprint density at radius 3 is 2.21 bits per heavy atom. The van der Waals surface area contributed by atoms with Gasteiger partial charge in [-0.1, -0.05) is 54.6 Å². The standard InChI is InChI=1S/C29H32FN3O5S/c30-24-11-6-22(7-12-24)20-33(28(29(36)31-18-19-34)23-4-2-1-3-5-23)27(35)17-10-21-8-15-26(16-9-21)39(37,38)32-25-13-14-25/h1-9,11-12,15-16,25,28,32,34H,10,13-14,17-20H2,(H,31,36)/t28-/m0/s1. The molecule has 0 spiro atoms. The number of sulfonamides is 1. The van der Waals surface area contributed by atoms with Gasteiger partial charge in [-0.2, -0.15) is 0 Å². The van der Waals surface area contributed by atoms with Crippen LogP contribution in [0.4, 0.5) is 4.39 Å². The molecule has 0 aliphatic heterocycles. The van der Waals surface area contributed by atoms with Crippen LogP contribution in [0.2, 0.25) is 0 Å². The number of aliphatic hydroxyl groups excluding tert-OH is 1. The van der Waals surface area contributed by atoms with E-state index < -0.39 is 27.8 Å². The lowest BCUT2D eigenvalue weighted by Crippen LogP contribution is -2.44. The van der Waals surface area contributed by atoms with E-state index in [1.54, 1.807) is 48.5 Å². The summed E-state index contributed by atoms with van der Waals surface area (Å²) in [5.41, 5.74) is 2.02. The molecular weight excluding hydrogens is 521 g/mol. The Labute approximate surface area is 227 Å². The van der Waals surface area contributed by atoms with Crippen molar-refractivity contribution in [2.75, 3.05) is 13.2 Å². The number of aliphatic hydroxyl groups is 1. The van der Waals surface area contributed by atoms with E-state index in [0.717, 1.165) is 18.4 Å². The first-order valence-corrected chi connectivity index (χ1v) is 14.3. The van der Waals surface area contributed by atoms with Gasteiger partial charge in [-0.25, -0.2) is 17.5 Å². The lowest BCUT2D eigenvalue weighted by atomic mass is 10.0. The highest BCUT2D eigenvalue weighted by atomic mass is 32.2. The third kappa shape index (κ3) is 7.95. The highest BCUT2D eigenvalue weighted by Gasteiger charge is 2.31. The molecule has 1 saturated carbocycles. The number of benzene rings is 3. The van der Waals surface area contributed by atoms with E-state index in [-0.39, 0.29) is 43.0 Å². The first-order valence-electron chi connectivity index (χ1n) is 12.9. The number of hydrogen-bond donors (Lipinski definition) is 3. The third-order valence-corrected chi connectivity index (χ3v) is 7.97. The summed E-state index contributed by atoms with van der Waals surface area (Å²) in [5, 5.41) is 11.9. The molecule has 3 aromatic carbocycles. The van der Waals surface area contributed by atoms with Crippen molar-refractivity contribution in [3.05, 3.63) is 101 Å². The lowest BCUT2D eigenvalue weighted by molar-refractivity contribution is -0.141. The van der Waals surface area contributed by atoms with Crippen LogP contribution in [0.5, 0.6) is 0 Å². The van der Waals surface area contributed by atoms with Gasteiger partial charge in [0.2, 0.25) is 21.8 Å². The second-order valence-corrected chi connectivity index (χ2v) is 11.2. The summed E-state index contributed by atoms with van der Waals surface area (Å²) in [6.07, 6.45) is 2.07. The number of nitrogens with zero attached hydrogens (tertiary/aromatic N) is 1. The van der Waals surface area contributed by atoms with Crippen LogP contribution in [-0.2, 0) is 32.6 Å². The zero-order valence-electron chi connectivity index (χ0n) is 21.4. The molecule has 39 heavy (non-hydrogen) atoms. The van der Waals surface area contributed by atoms with Gasteiger partial charge in [0.05, 0.1) is 11.5 Å². The second kappa shape index (κ2) is 13.0. The molecule has 0 saturated heterocycles. The number of hydrogen-bond acceptors (Lipinski definition) is 5. The summed E-state index contributed by atoms with van der Waals surface area (Å²) in [4.78, 5) is 28.5. The van der Waals surface area contributed by atoms with E-state index in [1.165, 1.54) is 29.2 Å². The van der Waals surface area contributed by atoms with Crippen molar-refractivity contribution in [2.45, 2.75) is 49.2 Å². The van der Waals surface area contributed by atoms with E-state index in [4.69, 9.17) is 0 Å². The van der Waals surface area contributed by atoms with Crippen molar-refractivity contribution >= 4 is 21.8 Å². The number of carbonyl (C=O) groups is 2. The Bertz CT molecular complexity index is 1360. The summed E-state index contributed by atoms with van der Waals surface area (Å²) in [7, 11) is -3.57. The minimum absolute atomic E-state index is 0.00604. The largest absolute Gasteiger partial charge is 0.395 e. The average Bonchev–Trinajstić information content (AvgIpc) is 3.75. The predicted octanol–water partition coefficient (Wildman–Crippen LogP) is 3.08. The highest BCUT2D eigenvalue weighted by Crippen LogP contribution is 2.26. The van der Waals surface area contributed by atoms with E-state index in [9.17, 15) is 27.5 Å². The predicted molar refractivity (Wildman–Crippen MR) is 144 cm³/mol. The molecule has 0 unspecified atom stereocenters. The van der Waals surface area contributed by atoms with Crippen LogP contribution in [0.25, 0.3) is 0 Å². The maximum absolute atomic E-state index is 13.7. The first-order chi connectivity index (χ1) is 18.8. The molecule has 0 radical (unpaired) electrons. The smallest absolute Gasteiger partial charge is 0.247 e. The maximum atomic E-state index is 13.7. The first kappa shape index (κ1) is 28.4. The minimum Gasteiger partial charge on any atom is -0.395 e. The van der Waals surface area contributed by atoms with Crippen LogP contribution in [0.1, 0.15) is 42.0 Å². The molecule has 10 heteroatoms. The van der Waals surface area contributed by atoms with Gasteiger partial charge in [0.15, 0.2) is 0 Å². The summed E-state index contributed by atoms with van der Waals surface area (Å²) in [6, 6.07) is 20.0. The van der Waals surface area contributed by atoms with Gasteiger partial charge in [0, 0.05) is 25.6 Å². The molecule has 1 fully saturated rings. The molecule has 0 heterocycles. The molecule has 206 valence electrons. The number of aryl methyl sites for hydroxylation is 1. The van der Waals surface area contributed by atoms with Crippen molar-refractivity contribution in [1.29, 1.82) is 0 Å². The Kier molecular flexibility index (Phi) is 9.45. The third-order valence-electron chi connectivity index (χ3n) is 6.43. The van der Waals surface area contributed by atoms with Gasteiger partial charge in [-0.15, -0.1) is 0 Å². The molecule has 2 amide bonds. The van der Waals surface area contributed by atoms with Gasteiger partial charge >= 0.3 is 0 Å². The lowest BCUT2D eigenvalue weighted by Gasteiger charge is -2.31. The summed E-state index contributed by atoms with van der Waals surface area (Å²) in [6.45, 7) is -0.151. The fraction of sp³-hybridized carbons (Fsp3) is 0.310. The fourth-order valence-electron chi connectivity index (χ4n) is 4.21. The molecule has 8 nitrogen and oxygen atoms in total. The van der Waals surface area contributed by atoms with Crippen LogP contribution in [0.3, 0.4) is 0 Å². The van der Waals surface area contributed by atoms with Crippen LogP contribution in [0.15, 0.2) is 83.8 Å². The van der Waals surface area contributed by atoms with Crippen LogP contribution >= 0.6 is 0 Å². The Balaban J connectivity index is 1.55. The Morgan fingerprint density at radius 1 is 0.949 bits per heavy atom. The number of carbonyl (C=O) groups excluding carboxylic acids is 2. The highest BCUT2D eigenvalue weighted by molar-refractivity contribution is 7.89. The van der Waals surface area contributed by atoms with E-state index in [2.05, 4.69) is 10.0 Å². The van der Waals surface area contributed by atoms with Crippen molar-refractivity contribution < 1.29 is 27.5 Å². The summed E-state index contributed by atoms with van der Waals surface area (Å²) >= 11 is 0. The second-order valence-electron chi connectivity index (χ2n) is 9.52. The molecule has 0 bridgehead atoms. The normalized spacial score (nSPS) is 14.0. The number of amides is 2. The summed E-state index contributed by atoms with van der Waals surface area (Å²) in [5.74, 6) is -1.16.